The number of nitrogens with zero attached hydrogens (tertiary/aromatic N) is 3. The van der Waals surface area contributed by atoms with Crippen LogP contribution in [0.1, 0.15) is 63.7 Å². The van der Waals surface area contributed by atoms with Gasteiger partial charge < -0.3 is 19.4 Å². The van der Waals surface area contributed by atoms with Gasteiger partial charge in [-0.3, -0.25) is 14.6 Å². The third-order valence-electron chi connectivity index (χ3n) is 6.90. The zero-order valence-electron chi connectivity index (χ0n) is 22.2. The number of pyridine rings is 1. The average molecular weight is 525 g/mol. The van der Waals surface area contributed by atoms with Crippen LogP contribution in [-0.2, 0) is 24.2 Å². The van der Waals surface area contributed by atoms with Crippen molar-refractivity contribution < 1.29 is 18.7 Å². The highest BCUT2D eigenvalue weighted by molar-refractivity contribution is 5.91. The molecular weight excluding hydrogens is 492 g/mol. The summed E-state index contributed by atoms with van der Waals surface area (Å²) >= 11 is 0. The number of aromatic nitrogens is 2. The van der Waals surface area contributed by atoms with Gasteiger partial charge in [0.05, 0.1) is 6.04 Å². The number of carbonyl (C=O) groups excluding carboxylic acids is 2. The van der Waals surface area contributed by atoms with Crippen LogP contribution in [0.25, 0.3) is 0 Å². The maximum atomic E-state index is 12.9. The molecule has 200 valence electrons. The second kappa shape index (κ2) is 11.9. The van der Waals surface area contributed by atoms with Crippen molar-refractivity contribution in [1.82, 2.24) is 20.2 Å². The smallest absolute Gasteiger partial charge is 0.273 e. The van der Waals surface area contributed by atoms with Crippen molar-refractivity contribution in [3.63, 3.8) is 0 Å². The van der Waals surface area contributed by atoms with Crippen LogP contribution in [0.15, 0.2) is 77.5 Å². The molecule has 0 saturated carbocycles. The molecule has 2 amide bonds. The molecule has 5 rings (SSSR count). The minimum atomic E-state index is -0.309. The van der Waals surface area contributed by atoms with E-state index < -0.39 is 0 Å². The topological polar surface area (TPSA) is 97.6 Å². The minimum Gasteiger partial charge on any atom is -0.484 e. The van der Waals surface area contributed by atoms with Gasteiger partial charge in [0.1, 0.15) is 12.0 Å². The lowest BCUT2D eigenvalue weighted by Crippen LogP contribution is -2.40. The molecule has 0 radical (unpaired) electrons. The van der Waals surface area contributed by atoms with Gasteiger partial charge in [0, 0.05) is 37.8 Å². The van der Waals surface area contributed by atoms with E-state index in [0.717, 1.165) is 23.2 Å². The van der Waals surface area contributed by atoms with Gasteiger partial charge in [-0.1, -0.05) is 48.9 Å². The molecule has 0 spiro atoms. The Kier molecular flexibility index (Phi) is 8.01. The molecule has 4 aromatic rings. The van der Waals surface area contributed by atoms with Crippen molar-refractivity contribution in [2.75, 3.05) is 13.1 Å². The van der Waals surface area contributed by atoms with Crippen LogP contribution in [0.3, 0.4) is 0 Å². The van der Waals surface area contributed by atoms with E-state index >= 15 is 0 Å². The summed E-state index contributed by atoms with van der Waals surface area (Å²) in [6.07, 6.45) is 4.94. The highest BCUT2D eigenvalue weighted by atomic mass is 16.5. The molecule has 1 aliphatic rings. The second-order valence-electron chi connectivity index (χ2n) is 9.61. The van der Waals surface area contributed by atoms with Gasteiger partial charge in [-0.15, -0.1) is 0 Å². The Morgan fingerprint density at radius 1 is 1.13 bits per heavy atom. The predicted molar refractivity (Wildman–Crippen MR) is 146 cm³/mol. The highest BCUT2D eigenvalue weighted by Crippen LogP contribution is 2.37. The fraction of sp³-hybridized carbons (Fsp3) is 0.290. The summed E-state index contributed by atoms with van der Waals surface area (Å²) < 4.78 is 11.5. The summed E-state index contributed by atoms with van der Waals surface area (Å²) in [6, 6.07) is 19.9. The molecule has 0 bridgehead atoms. The zero-order chi connectivity index (χ0) is 27.2. The van der Waals surface area contributed by atoms with Crippen LogP contribution >= 0.6 is 0 Å². The van der Waals surface area contributed by atoms with Gasteiger partial charge in [-0.25, -0.2) is 4.98 Å². The van der Waals surface area contributed by atoms with Gasteiger partial charge in [0.15, 0.2) is 12.3 Å². The normalized spacial score (nSPS) is 14.5. The quantitative estimate of drug-likeness (QED) is 0.337. The monoisotopic (exact) mass is 524 g/mol. The molecule has 2 aromatic heterocycles. The lowest BCUT2D eigenvalue weighted by molar-refractivity contribution is -0.132. The SMILES string of the molecule is CCC(=O)N1CCc2ccc(OCc3nc(C(=O)NCCc4ccccn4)co3)cc2C1c1ccc(C)cc1. The highest BCUT2D eigenvalue weighted by Gasteiger charge is 2.31. The fourth-order valence-corrected chi connectivity index (χ4v) is 4.83. The Hall–Kier alpha value is -4.46. The van der Waals surface area contributed by atoms with Crippen LogP contribution in [0.4, 0.5) is 0 Å². The first-order valence-corrected chi connectivity index (χ1v) is 13.3. The molecule has 1 atom stereocenters. The number of aryl methyl sites for hydroxylation is 1. The fourth-order valence-electron chi connectivity index (χ4n) is 4.83. The standard InChI is InChI=1S/C31H32N4O4/c1-3-29(36)35-17-14-22-11-12-25(18-26(22)30(35)23-9-7-21(2)8-10-23)38-20-28-34-27(19-39-28)31(37)33-16-13-24-6-4-5-15-32-24/h4-12,15,18-19,30H,3,13-14,16-17,20H2,1-2H3,(H,33,37). The van der Waals surface area contributed by atoms with Crippen molar-refractivity contribution in [2.45, 2.75) is 45.8 Å². The number of nitrogens with one attached hydrogen (secondary N) is 1. The van der Waals surface area contributed by atoms with E-state index in [9.17, 15) is 9.59 Å². The van der Waals surface area contributed by atoms with Gasteiger partial charge in [0.25, 0.3) is 5.91 Å². The Bertz CT molecular complexity index is 1430. The molecule has 3 heterocycles. The van der Waals surface area contributed by atoms with Crippen LogP contribution in [-0.4, -0.2) is 39.8 Å². The summed E-state index contributed by atoms with van der Waals surface area (Å²) in [6.45, 7) is 5.16. The molecule has 8 heteroatoms. The van der Waals surface area contributed by atoms with Crippen LogP contribution in [0, 0.1) is 6.92 Å². The van der Waals surface area contributed by atoms with E-state index in [4.69, 9.17) is 9.15 Å². The number of rotatable bonds is 9. The van der Waals surface area contributed by atoms with Gasteiger partial charge >= 0.3 is 0 Å². The molecule has 1 aliphatic heterocycles. The maximum absolute atomic E-state index is 12.9. The number of hydrogen-bond donors (Lipinski definition) is 1. The van der Waals surface area contributed by atoms with Crippen molar-refractivity contribution in [3.8, 4) is 5.75 Å². The molecule has 39 heavy (non-hydrogen) atoms. The summed E-state index contributed by atoms with van der Waals surface area (Å²) in [4.78, 5) is 35.8. The molecule has 0 fully saturated rings. The number of carbonyl (C=O) groups is 2. The van der Waals surface area contributed by atoms with Gasteiger partial charge in [-0.05, 0) is 54.3 Å². The van der Waals surface area contributed by atoms with E-state index in [1.54, 1.807) is 6.20 Å². The summed E-state index contributed by atoms with van der Waals surface area (Å²) in [5, 5.41) is 2.84. The summed E-state index contributed by atoms with van der Waals surface area (Å²) in [5.74, 6) is 0.774. The second-order valence-corrected chi connectivity index (χ2v) is 9.61. The van der Waals surface area contributed by atoms with Gasteiger partial charge in [0.2, 0.25) is 11.8 Å². The van der Waals surface area contributed by atoms with Crippen molar-refractivity contribution in [3.05, 3.63) is 113 Å². The average Bonchev–Trinajstić information content (AvgIpc) is 3.45. The Morgan fingerprint density at radius 2 is 1.97 bits per heavy atom. The molecule has 0 aliphatic carbocycles. The number of fused-ring (bicyclic) bond motifs is 1. The third-order valence-corrected chi connectivity index (χ3v) is 6.90. The first-order chi connectivity index (χ1) is 19.0. The number of oxazole rings is 1. The summed E-state index contributed by atoms with van der Waals surface area (Å²) in [7, 11) is 0. The van der Waals surface area contributed by atoms with Crippen LogP contribution in [0.5, 0.6) is 5.75 Å². The van der Waals surface area contributed by atoms with Crippen LogP contribution in [0.2, 0.25) is 0 Å². The zero-order valence-corrected chi connectivity index (χ0v) is 22.2. The number of ether oxygens (including phenoxy) is 1. The van der Waals surface area contributed by atoms with E-state index in [2.05, 4.69) is 52.5 Å². The van der Waals surface area contributed by atoms with Crippen molar-refractivity contribution in [1.29, 1.82) is 0 Å². The molecule has 0 saturated heterocycles. The summed E-state index contributed by atoms with van der Waals surface area (Å²) in [5.41, 5.74) is 5.62. The van der Waals surface area contributed by atoms with Crippen molar-refractivity contribution >= 4 is 11.8 Å². The Balaban J connectivity index is 1.26. The first-order valence-electron chi connectivity index (χ1n) is 13.3. The molecule has 1 unspecified atom stereocenters. The largest absolute Gasteiger partial charge is 0.484 e. The van der Waals surface area contributed by atoms with Crippen LogP contribution < -0.4 is 10.1 Å². The van der Waals surface area contributed by atoms with E-state index in [1.165, 1.54) is 17.4 Å². The minimum absolute atomic E-state index is 0.0762. The molecule has 2 aromatic carbocycles. The third kappa shape index (κ3) is 6.17. The van der Waals surface area contributed by atoms with Gasteiger partial charge in [-0.2, -0.15) is 0 Å². The number of amides is 2. The predicted octanol–water partition coefficient (Wildman–Crippen LogP) is 4.81. The lowest BCUT2D eigenvalue weighted by Gasteiger charge is -2.38. The first kappa shape index (κ1) is 26.2. The molecule has 1 N–H and O–H groups in total. The van der Waals surface area contributed by atoms with E-state index in [1.807, 2.05) is 42.2 Å². The van der Waals surface area contributed by atoms with E-state index in [-0.39, 0.29) is 30.2 Å². The lowest BCUT2D eigenvalue weighted by atomic mass is 9.87. The Morgan fingerprint density at radius 3 is 2.74 bits per heavy atom. The number of benzene rings is 2. The maximum Gasteiger partial charge on any atom is 0.273 e. The molecule has 8 nitrogen and oxygen atoms in total. The van der Waals surface area contributed by atoms with E-state index in [0.29, 0.717) is 37.6 Å². The Labute approximate surface area is 228 Å². The number of hydrogen-bond acceptors (Lipinski definition) is 6. The molecular formula is C31H32N4O4. The van der Waals surface area contributed by atoms with Crippen molar-refractivity contribution in [2.24, 2.45) is 0 Å².